The number of aromatic nitrogens is 4. The monoisotopic (exact) mass is 389 g/mol. The molecule has 2 heterocycles. The van der Waals surface area contributed by atoms with Crippen LogP contribution in [0.2, 0.25) is 0 Å². The zero-order valence-electron chi connectivity index (χ0n) is 15.8. The predicted octanol–water partition coefficient (Wildman–Crippen LogP) is 2.35. The molecule has 8 nitrogen and oxygen atoms in total. The van der Waals surface area contributed by atoms with Crippen LogP contribution in [0.15, 0.2) is 71.9 Å². The fourth-order valence-corrected chi connectivity index (χ4v) is 2.94. The lowest BCUT2D eigenvalue weighted by molar-refractivity contribution is -0.116. The molecule has 29 heavy (non-hydrogen) atoms. The van der Waals surface area contributed by atoms with E-state index in [2.05, 4.69) is 15.4 Å². The number of para-hydroxylation sites is 1. The van der Waals surface area contributed by atoms with Gasteiger partial charge in [-0.2, -0.15) is 5.10 Å². The Labute approximate surface area is 166 Å². The molecule has 2 aromatic carbocycles. The second-order valence-corrected chi connectivity index (χ2v) is 6.50. The van der Waals surface area contributed by atoms with Gasteiger partial charge in [-0.25, -0.2) is 4.98 Å². The molecule has 2 aromatic heterocycles. The van der Waals surface area contributed by atoms with E-state index in [0.29, 0.717) is 28.9 Å². The number of aryl methyl sites for hydroxylation is 1. The van der Waals surface area contributed by atoms with E-state index in [9.17, 15) is 9.59 Å². The van der Waals surface area contributed by atoms with E-state index in [4.69, 9.17) is 4.74 Å². The SMILES string of the molecule is Cn1ccnc1COc1ccc(NC(=O)Cn2ncc(=O)c3ccccc32)cc1. The number of hydrogen-bond acceptors (Lipinski definition) is 5. The van der Waals surface area contributed by atoms with Crippen molar-refractivity contribution in [3.05, 3.63) is 83.2 Å². The number of imidazole rings is 1. The Hall–Kier alpha value is -3.94. The predicted molar refractivity (Wildman–Crippen MR) is 109 cm³/mol. The number of nitrogens with zero attached hydrogens (tertiary/aromatic N) is 4. The minimum atomic E-state index is -0.243. The van der Waals surface area contributed by atoms with Crippen molar-refractivity contribution in [2.75, 3.05) is 5.32 Å². The molecule has 0 radical (unpaired) electrons. The number of nitrogens with one attached hydrogen (secondary N) is 1. The van der Waals surface area contributed by atoms with Gasteiger partial charge in [0.2, 0.25) is 11.3 Å². The van der Waals surface area contributed by atoms with E-state index in [0.717, 1.165) is 5.82 Å². The van der Waals surface area contributed by atoms with Gasteiger partial charge in [-0.15, -0.1) is 0 Å². The Morgan fingerprint density at radius 3 is 2.69 bits per heavy atom. The summed E-state index contributed by atoms with van der Waals surface area (Å²) in [6.45, 7) is 0.360. The van der Waals surface area contributed by atoms with E-state index in [1.165, 1.54) is 10.9 Å². The summed E-state index contributed by atoms with van der Waals surface area (Å²) >= 11 is 0. The molecule has 0 fully saturated rings. The number of carbonyl (C=O) groups excluding carboxylic acids is 1. The Balaban J connectivity index is 1.39. The van der Waals surface area contributed by atoms with Crippen molar-refractivity contribution in [2.45, 2.75) is 13.2 Å². The summed E-state index contributed by atoms with van der Waals surface area (Å²) in [4.78, 5) is 28.5. The van der Waals surface area contributed by atoms with Gasteiger partial charge in [0.05, 0.1) is 11.7 Å². The number of fused-ring (bicyclic) bond motifs is 1. The molecule has 4 aromatic rings. The second kappa shape index (κ2) is 7.97. The van der Waals surface area contributed by atoms with Crippen molar-refractivity contribution in [1.82, 2.24) is 19.3 Å². The maximum atomic E-state index is 12.4. The number of anilines is 1. The molecule has 0 spiro atoms. The van der Waals surface area contributed by atoms with Gasteiger partial charge in [0, 0.05) is 30.5 Å². The highest BCUT2D eigenvalue weighted by molar-refractivity contribution is 5.91. The van der Waals surface area contributed by atoms with Gasteiger partial charge in [0.25, 0.3) is 0 Å². The lowest BCUT2D eigenvalue weighted by atomic mass is 10.2. The van der Waals surface area contributed by atoms with Gasteiger partial charge in [-0.3, -0.25) is 14.3 Å². The zero-order valence-corrected chi connectivity index (χ0v) is 15.8. The van der Waals surface area contributed by atoms with E-state index in [1.54, 1.807) is 48.7 Å². The summed E-state index contributed by atoms with van der Waals surface area (Å²) in [5.74, 6) is 1.26. The smallest absolute Gasteiger partial charge is 0.246 e. The molecule has 0 aliphatic rings. The van der Waals surface area contributed by atoms with Crippen LogP contribution in [0.4, 0.5) is 5.69 Å². The van der Waals surface area contributed by atoms with Crippen molar-refractivity contribution in [1.29, 1.82) is 0 Å². The number of carbonyl (C=O) groups is 1. The van der Waals surface area contributed by atoms with Crippen LogP contribution in [0.3, 0.4) is 0 Å². The average Bonchev–Trinajstić information content (AvgIpc) is 3.14. The van der Waals surface area contributed by atoms with Crippen molar-refractivity contribution in [2.24, 2.45) is 7.05 Å². The Morgan fingerprint density at radius 1 is 1.14 bits per heavy atom. The van der Waals surface area contributed by atoms with Crippen molar-refractivity contribution in [3.8, 4) is 5.75 Å². The van der Waals surface area contributed by atoms with Gasteiger partial charge < -0.3 is 14.6 Å². The molecular formula is C21H19N5O3. The molecule has 0 aliphatic carbocycles. The first kappa shape index (κ1) is 18.4. The molecule has 0 unspecified atom stereocenters. The van der Waals surface area contributed by atoms with Crippen molar-refractivity contribution >= 4 is 22.5 Å². The van der Waals surface area contributed by atoms with Crippen LogP contribution < -0.4 is 15.5 Å². The number of benzene rings is 2. The summed E-state index contributed by atoms with van der Waals surface area (Å²) in [7, 11) is 1.91. The zero-order chi connectivity index (χ0) is 20.2. The minimum absolute atomic E-state index is 0.00178. The van der Waals surface area contributed by atoms with E-state index in [1.807, 2.05) is 23.9 Å². The first-order valence-electron chi connectivity index (χ1n) is 9.04. The maximum absolute atomic E-state index is 12.4. The molecule has 4 rings (SSSR count). The fraction of sp³-hybridized carbons (Fsp3) is 0.143. The number of amides is 1. The van der Waals surface area contributed by atoms with Crippen LogP contribution in [0.1, 0.15) is 5.82 Å². The summed E-state index contributed by atoms with van der Waals surface area (Å²) in [6, 6.07) is 14.2. The van der Waals surface area contributed by atoms with E-state index < -0.39 is 0 Å². The molecule has 0 bridgehead atoms. The first-order valence-corrected chi connectivity index (χ1v) is 9.04. The molecule has 1 amide bonds. The third-order valence-electron chi connectivity index (χ3n) is 4.48. The maximum Gasteiger partial charge on any atom is 0.246 e. The lowest BCUT2D eigenvalue weighted by Crippen LogP contribution is -2.22. The lowest BCUT2D eigenvalue weighted by Gasteiger charge is -2.10. The summed E-state index contributed by atoms with van der Waals surface area (Å²) < 4.78 is 9.11. The normalized spacial score (nSPS) is 10.8. The van der Waals surface area contributed by atoms with Gasteiger partial charge in [0.15, 0.2) is 0 Å². The molecule has 8 heteroatoms. The van der Waals surface area contributed by atoms with Crippen molar-refractivity contribution < 1.29 is 9.53 Å². The molecule has 0 atom stereocenters. The summed E-state index contributed by atoms with van der Waals surface area (Å²) in [5.41, 5.74) is 1.09. The third-order valence-corrected chi connectivity index (χ3v) is 4.48. The van der Waals surface area contributed by atoms with Crippen LogP contribution in [0, 0.1) is 0 Å². The Morgan fingerprint density at radius 2 is 1.93 bits per heavy atom. The molecule has 146 valence electrons. The Kier molecular flexibility index (Phi) is 5.07. The van der Waals surface area contributed by atoms with E-state index >= 15 is 0 Å². The highest BCUT2D eigenvalue weighted by atomic mass is 16.5. The van der Waals surface area contributed by atoms with Crippen LogP contribution >= 0.6 is 0 Å². The number of rotatable bonds is 6. The van der Waals surface area contributed by atoms with Crippen LogP contribution in [-0.2, 0) is 25.0 Å². The molecule has 0 saturated heterocycles. The molecular weight excluding hydrogens is 370 g/mol. The van der Waals surface area contributed by atoms with Gasteiger partial charge in [0.1, 0.15) is 24.7 Å². The topological polar surface area (TPSA) is 91.0 Å². The summed E-state index contributed by atoms with van der Waals surface area (Å²) in [5, 5.41) is 7.43. The van der Waals surface area contributed by atoms with Gasteiger partial charge >= 0.3 is 0 Å². The second-order valence-electron chi connectivity index (χ2n) is 6.50. The van der Waals surface area contributed by atoms with E-state index in [-0.39, 0.29) is 17.9 Å². The van der Waals surface area contributed by atoms with Crippen LogP contribution in [-0.4, -0.2) is 25.2 Å². The van der Waals surface area contributed by atoms with Crippen molar-refractivity contribution in [3.63, 3.8) is 0 Å². The number of ether oxygens (including phenoxy) is 1. The minimum Gasteiger partial charge on any atom is -0.486 e. The van der Waals surface area contributed by atoms with Crippen LogP contribution in [0.25, 0.3) is 10.9 Å². The fourth-order valence-electron chi connectivity index (χ4n) is 2.94. The molecule has 0 aliphatic heterocycles. The first-order chi connectivity index (χ1) is 14.1. The van der Waals surface area contributed by atoms with Gasteiger partial charge in [-0.05, 0) is 36.4 Å². The highest BCUT2D eigenvalue weighted by Gasteiger charge is 2.09. The standard InChI is InChI=1S/C21H19N5O3/c1-25-11-10-22-20(25)14-29-16-8-6-15(7-9-16)24-21(28)13-26-18-5-3-2-4-17(18)19(27)12-23-26/h2-12H,13-14H2,1H3,(H,24,28). The quantitative estimate of drug-likeness (QED) is 0.547. The average molecular weight is 389 g/mol. The Bertz CT molecular complexity index is 1210. The third kappa shape index (κ3) is 4.16. The molecule has 0 saturated carbocycles. The molecule has 1 N–H and O–H groups in total. The number of hydrogen-bond donors (Lipinski definition) is 1. The summed E-state index contributed by atoms with van der Waals surface area (Å²) in [6.07, 6.45) is 4.80. The highest BCUT2D eigenvalue weighted by Crippen LogP contribution is 2.17. The largest absolute Gasteiger partial charge is 0.486 e. The van der Waals surface area contributed by atoms with Gasteiger partial charge in [-0.1, -0.05) is 12.1 Å². The van der Waals surface area contributed by atoms with Crippen LogP contribution in [0.5, 0.6) is 5.75 Å².